The minimum absolute atomic E-state index is 0.0639. The van der Waals surface area contributed by atoms with Gasteiger partial charge in [0.05, 0.1) is 11.1 Å². The second kappa shape index (κ2) is 8.34. The molecule has 29 heavy (non-hydrogen) atoms. The van der Waals surface area contributed by atoms with E-state index in [1.54, 1.807) is 37.6 Å². The second-order valence-corrected chi connectivity index (χ2v) is 8.60. The third kappa shape index (κ3) is 5.21. The molecule has 8 nitrogen and oxygen atoms in total. The number of hydrogen-bond donors (Lipinski definition) is 4. The largest absolute Gasteiger partial charge is 0.391 e. The normalized spacial score (nSPS) is 13.9. The van der Waals surface area contributed by atoms with E-state index < -0.39 is 12.1 Å². The second-order valence-electron chi connectivity index (χ2n) is 8.16. The number of amides is 1. The maximum Gasteiger partial charge on any atom is 0.245 e. The average Bonchev–Trinajstić information content (AvgIpc) is 3.06. The molecule has 0 saturated heterocycles. The standard InChI is InChI=1S/C20H25ClN6O2/c1-11(28)16(19(29)25-10-20(2,3)4)26-15-5-6-22-18(27-15)14-9-24-17-13(14)7-12(21)8-23-17/h5-9,11,16,28H,10H2,1-4H3,(H,23,24)(H,25,29)(H,22,26,27)/t11-,16-/m1/s1. The third-order valence-corrected chi connectivity index (χ3v) is 4.46. The molecule has 0 unspecified atom stereocenters. The minimum atomic E-state index is -0.913. The van der Waals surface area contributed by atoms with Gasteiger partial charge in [0.2, 0.25) is 5.91 Å². The zero-order chi connectivity index (χ0) is 21.2. The molecule has 0 aliphatic heterocycles. The summed E-state index contributed by atoms with van der Waals surface area (Å²) in [7, 11) is 0. The summed E-state index contributed by atoms with van der Waals surface area (Å²) in [5, 5.41) is 17.3. The number of pyridine rings is 1. The predicted octanol–water partition coefficient (Wildman–Crippen LogP) is 3.00. The number of rotatable bonds is 6. The number of carbonyl (C=O) groups is 1. The van der Waals surface area contributed by atoms with Crippen molar-refractivity contribution in [3.05, 3.63) is 35.7 Å². The summed E-state index contributed by atoms with van der Waals surface area (Å²) in [6.45, 7) is 8.13. The van der Waals surface area contributed by atoms with E-state index >= 15 is 0 Å². The van der Waals surface area contributed by atoms with Gasteiger partial charge >= 0.3 is 0 Å². The lowest BCUT2D eigenvalue weighted by atomic mass is 9.97. The van der Waals surface area contributed by atoms with E-state index in [0.717, 1.165) is 10.9 Å². The van der Waals surface area contributed by atoms with E-state index in [9.17, 15) is 9.90 Å². The first-order valence-electron chi connectivity index (χ1n) is 9.32. The van der Waals surface area contributed by atoms with Crippen molar-refractivity contribution in [2.45, 2.75) is 39.8 Å². The molecule has 3 aromatic rings. The highest BCUT2D eigenvalue weighted by atomic mass is 35.5. The molecule has 1 amide bonds. The van der Waals surface area contributed by atoms with Crippen molar-refractivity contribution in [3.8, 4) is 11.4 Å². The number of nitrogens with one attached hydrogen (secondary N) is 3. The van der Waals surface area contributed by atoms with Crippen LogP contribution in [0.25, 0.3) is 22.4 Å². The Hall–Kier alpha value is -2.71. The number of aromatic nitrogens is 4. The van der Waals surface area contributed by atoms with Crippen LogP contribution in [0.5, 0.6) is 0 Å². The molecule has 0 saturated carbocycles. The Morgan fingerprint density at radius 1 is 1.34 bits per heavy atom. The predicted molar refractivity (Wildman–Crippen MR) is 114 cm³/mol. The van der Waals surface area contributed by atoms with Crippen LogP contribution in [-0.2, 0) is 4.79 Å². The highest BCUT2D eigenvalue weighted by Gasteiger charge is 2.25. The van der Waals surface area contributed by atoms with Gasteiger partial charge in [-0.25, -0.2) is 15.0 Å². The summed E-state index contributed by atoms with van der Waals surface area (Å²) in [5.41, 5.74) is 1.35. The van der Waals surface area contributed by atoms with Gasteiger partial charge in [0.15, 0.2) is 5.82 Å². The molecule has 9 heteroatoms. The van der Waals surface area contributed by atoms with Crippen LogP contribution >= 0.6 is 11.6 Å². The molecule has 0 spiro atoms. The summed E-state index contributed by atoms with van der Waals surface area (Å²) in [6.07, 6.45) is 4.00. The molecule has 0 bridgehead atoms. The van der Waals surface area contributed by atoms with Crippen LogP contribution in [0.3, 0.4) is 0 Å². The van der Waals surface area contributed by atoms with Gasteiger partial charge in [-0.1, -0.05) is 32.4 Å². The number of aliphatic hydroxyl groups is 1. The molecule has 0 radical (unpaired) electrons. The highest BCUT2D eigenvalue weighted by molar-refractivity contribution is 6.31. The van der Waals surface area contributed by atoms with Gasteiger partial charge in [-0.05, 0) is 24.5 Å². The first kappa shape index (κ1) is 21.0. The van der Waals surface area contributed by atoms with Crippen molar-refractivity contribution in [3.63, 3.8) is 0 Å². The number of anilines is 1. The Balaban J connectivity index is 1.84. The Labute approximate surface area is 174 Å². The third-order valence-electron chi connectivity index (χ3n) is 4.26. The van der Waals surface area contributed by atoms with Crippen molar-refractivity contribution in [2.75, 3.05) is 11.9 Å². The molecule has 2 atom stereocenters. The lowest BCUT2D eigenvalue weighted by molar-refractivity contribution is -0.124. The summed E-state index contributed by atoms with van der Waals surface area (Å²) < 4.78 is 0. The fourth-order valence-corrected chi connectivity index (χ4v) is 2.92. The number of hydrogen-bond acceptors (Lipinski definition) is 6. The maximum atomic E-state index is 12.6. The van der Waals surface area contributed by atoms with Gasteiger partial charge < -0.3 is 20.7 Å². The number of halogens is 1. The van der Waals surface area contributed by atoms with Crippen molar-refractivity contribution >= 4 is 34.4 Å². The van der Waals surface area contributed by atoms with Gasteiger partial charge in [0, 0.05) is 36.1 Å². The van der Waals surface area contributed by atoms with Crippen LogP contribution in [0.1, 0.15) is 27.7 Å². The number of H-pyrrole nitrogens is 1. The van der Waals surface area contributed by atoms with Gasteiger partial charge in [0.25, 0.3) is 0 Å². The lowest BCUT2D eigenvalue weighted by Crippen LogP contribution is -2.48. The van der Waals surface area contributed by atoms with E-state index in [0.29, 0.717) is 28.9 Å². The van der Waals surface area contributed by atoms with E-state index in [1.807, 2.05) is 20.8 Å². The van der Waals surface area contributed by atoms with E-state index in [1.165, 1.54) is 0 Å². The number of nitrogens with zero attached hydrogens (tertiary/aromatic N) is 3. The van der Waals surface area contributed by atoms with Crippen LogP contribution in [0.15, 0.2) is 30.7 Å². The van der Waals surface area contributed by atoms with Crippen molar-refractivity contribution in [1.82, 2.24) is 25.3 Å². The van der Waals surface area contributed by atoms with Gasteiger partial charge in [-0.15, -0.1) is 0 Å². The molecule has 0 aliphatic carbocycles. The SMILES string of the molecule is C[C@@H](O)[C@@H](Nc1ccnc(-c2c[nH]c3ncc(Cl)cc23)n1)C(=O)NCC(C)(C)C. The van der Waals surface area contributed by atoms with Crippen molar-refractivity contribution < 1.29 is 9.90 Å². The zero-order valence-corrected chi connectivity index (χ0v) is 17.6. The fraction of sp³-hybridized carbons (Fsp3) is 0.400. The highest BCUT2D eigenvalue weighted by Crippen LogP contribution is 2.27. The smallest absolute Gasteiger partial charge is 0.245 e. The Kier molecular flexibility index (Phi) is 6.04. The molecule has 0 aromatic carbocycles. The van der Waals surface area contributed by atoms with Crippen LogP contribution in [0.4, 0.5) is 5.82 Å². The Bertz CT molecular complexity index is 1010. The van der Waals surface area contributed by atoms with Crippen LogP contribution < -0.4 is 10.6 Å². The number of aromatic amines is 1. The average molecular weight is 417 g/mol. The molecular formula is C20H25ClN6O2. The lowest BCUT2D eigenvalue weighted by Gasteiger charge is -2.24. The zero-order valence-electron chi connectivity index (χ0n) is 16.8. The summed E-state index contributed by atoms with van der Waals surface area (Å²) >= 11 is 6.06. The van der Waals surface area contributed by atoms with E-state index in [4.69, 9.17) is 11.6 Å². The molecule has 3 aromatic heterocycles. The quantitative estimate of drug-likeness (QED) is 0.491. The van der Waals surface area contributed by atoms with Crippen LogP contribution in [-0.4, -0.2) is 49.6 Å². The van der Waals surface area contributed by atoms with Crippen molar-refractivity contribution in [1.29, 1.82) is 0 Å². The monoisotopic (exact) mass is 416 g/mol. The molecular weight excluding hydrogens is 392 g/mol. The first-order valence-corrected chi connectivity index (χ1v) is 9.70. The molecule has 0 fully saturated rings. The van der Waals surface area contributed by atoms with Crippen LogP contribution in [0.2, 0.25) is 5.02 Å². The Morgan fingerprint density at radius 2 is 2.10 bits per heavy atom. The fourth-order valence-electron chi connectivity index (χ4n) is 2.76. The van der Waals surface area contributed by atoms with E-state index in [-0.39, 0.29) is 11.3 Å². The molecule has 3 heterocycles. The van der Waals surface area contributed by atoms with Gasteiger partial charge in [-0.2, -0.15) is 0 Å². The molecule has 4 N–H and O–H groups in total. The number of fused-ring (bicyclic) bond motifs is 1. The van der Waals surface area contributed by atoms with E-state index in [2.05, 4.69) is 30.6 Å². The first-order chi connectivity index (χ1) is 13.6. The van der Waals surface area contributed by atoms with Gasteiger partial charge in [0.1, 0.15) is 17.5 Å². The number of aliphatic hydroxyl groups excluding tert-OH is 1. The van der Waals surface area contributed by atoms with Gasteiger partial charge in [-0.3, -0.25) is 4.79 Å². The molecule has 3 rings (SSSR count). The summed E-state index contributed by atoms with van der Waals surface area (Å²) in [6, 6.07) is 2.59. The summed E-state index contributed by atoms with van der Waals surface area (Å²) in [5.74, 6) is 0.582. The maximum absolute atomic E-state index is 12.6. The van der Waals surface area contributed by atoms with Crippen LogP contribution in [0, 0.1) is 5.41 Å². The Morgan fingerprint density at radius 3 is 2.79 bits per heavy atom. The molecule has 154 valence electrons. The van der Waals surface area contributed by atoms with Crippen molar-refractivity contribution in [2.24, 2.45) is 5.41 Å². The number of carbonyl (C=O) groups excluding carboxylic acids is 1. The topological polar surface area (TPSA) is 116 Å². The molecule has 0 aliphatic rings. The summed E-state index contributed by atoms with van der Waals surface area (Å²) in [4.78, 5) is 28.7. The minimum Gasteiger partial charge on any atom is -0.391 e.